The number of carbonyl (C=O) groups is 4. The van der Waals surface area contributed by atoms with Gasteiger partial charge in [0.2, 0.25) is 12.9 Å². The number of esters is 3. The van der Waals surface area contributed by atoms with E-state index in [-0.39, 0.29) is 16.9 Å². The molecular formula is C20H20N2O8. The first kappa shape index (κ1) is 22.3. The molecule has 158 valence electrons. The Morgan fingerprint density at radius 2 is 1.77 bits per heavy atom. The molecule has 2 aromatic rings. The van der Waals surface area contributed by atoms with Crippen LogP contribution in [-0.4, -0.2) is 54.8 Å². The maximum atomic E-state index is 12.4. The van der Waals surface area contributed by atoms with Gasteiger partial charge >= 0.3 is 24.0 Å². The Morgan fingerprint density at radius 1 is 1.03 bits per heavy atom. The molecule has 10 nitrogen and oxygen atoms in total. The summed E-state index contributed by atoms with van der Waals surface area (Å²) in [5.41, 5.74) is 0.260. The van der Waals surface area contributed by atoms with Crippen molar-refractivity contribution in [3.05, 3.63) is 59.9 Å². The van der Waals surface area contributed by atoms with Crippen LogP contribution in [0.3, 0.4) is 0 Å². The summed E-state index contributed by atoms with van der Waals surface area (Å²) in [6.07, 6.45) is 0.659. The third-order valence-corrected chi connectivity index (χ3v) is 3.54. The summed E-state index contributed by atoms with van der Waals surface area (Å²) >= 11 is 0. The maximum Gasteiger partial charge on any atom is 0.410 e. The van der Waals surface area contributed by atoms with Crippen LogP contribution in [0.15, 0.2) is 48.8 Å². The summed E-state index contributed by atoms with van der Waals surface area (Å²) in [5, 5.41) is 0. The van der Waals surface area contributed by atoms with E-state index < -0.39 is 36.9 Å². The number of hydrogen-bond acceptors (Lipinski definition) is 9. The quantitative estimate of drug-likeness (QED) is 0.379. The summed E-state index contributed by atoms with van der Waals surface area (Å²) in [4.78, 5) is 52.7. The van der Waals surface area contributed by atoms with Crippen LogP contribution in [-0.2, 0) is 23.8 Å². The number of para-hydroxylation sites is 1. The van der Waals surface area contributed by atoms with Crippen molar-refractivity contribution in [2.24, 2.45) is 0 Å². The molecule has 30 heavy (non-hydrogen) atoms. The minimum atomic E-state index is -1.40. The van der Waals surface area contributed by atoms with Gasteiger partial charge in [-0.2, -0.15) is 0 Å². The normalized spacial score (nSPS) is 11.0. The molecule has 1 unspecified atom stereocenters. The number of rotatable bonds is 7. The van der Waals surface area contributed by atoms with Gasteiger partial charge in [0.05, 0.1) is 0 Å². The highest BCUT2D eigenvalue weighted by molar-refractivity contribution is 5.93. The molecule has 0 radical (unpaired) electrons. The van der Waals surface area contributed by atoms with Crippen LogP contribution in [0.25, 0.3) is 0 Å². The van der Waals surface area contributed by atoms with Crippen molar-refractivity contribution >= 4 is 24.0 Å². The van der Waals surface area contributed by atoms with Gasteiger partial charge in [-0.05, 0) is 18.2 Å². The van der Waals surface area contributed by atoms with E-state index in [2.05, 4.69) is 4.98 Å². The molecule has 1 heterocycles. The zero-order chi connectivity index (χ0) is 22.1. The Balaban J connectivity index is 2.03. The van der Waals surface area contributed by atoms with Gasteiger partial charge in [0, 0.05) is 39.0 Å². The molecule has 0 spiro atoms. The number of ether oxygens (including phenoxy) is 4. The zero-order valence-corrected chi connectivity index (χ0v) is 16.6. The fourth-order valence-electron chi connectivity index (χ4n) is 2.16. The second-order valence-electron chi connectivity index (χ2n) is 6.05. The second kappa shape index (κ2) is 10.6. The number of hydrogen-bond donors (Lipinski definition) is 0. The predicted molar refractivity (Wildman–Crippen MR) is 101 cm³/mol. The molecule has 1 aromatic heterocycles. The lowest BCUT2D eigenvalue weighted by Crippen LogP contribution is -2.29. The van der Waals surface area contributed by atoms with E-state index in [4.69, 9.17) is 18.9 Å². The number of pyridine rings is 1. The van der Waals surface area contributed by atoms with Crippen molar-refractivity contribution in [3.63, 3.8) is 0 Å². The highest BCUT2D eigenvalue weighted by Crippen LogP contribution is 2.21. The van der Waals surface area contributed by atoms with Crippen LogP contribution in [0.1, 0.15) is 28.9 Å². The molecule has 1 atom stereocenters. The maximum absolute atomic E-state index is 12.4. The SMILES string of the molecule is CC(=O)Oc1ccccc1C(=O)OCOC(=O)C(OC(=O)N(C)C)c1cccnc1. The summed E-state index contributed by atoms with van der Waals surface area (Å²) in [6.45, 7) is 0.444. The van der Waals surface area contributed by atoms with Gasteiger partial charge in [0.15, 0.2) is 0 Å². The van der Waals surface area contributed by atoms with Gasteiger partial charge in [0.25, 0.3) is 0 Å². The Labute approximate surface area is 172 Å². The van der Waals surface area contributed by atoms with Crippen LogP contribution >= 0.6 is 0 Å². The van der Waals surface area contributed by atoms with Crippen molar-refractivity contribution in [2.45, 2.75) is 13.0 Å². The topological polar surface area (TPSA) is 121 Å². The summed E-state index contributed by atoms with van der Waals surface area (Å²) in [7, 11) is 2.91. The predicted octanol–water partition coefficient (Wildman–Crippen LogP) is 2.10. The zero-order valence-electron chi connectivity index (χ0n) is 16.6. The smallest absolute Gasteiger partial charge is 0.410 e. The summed E-state index contributed by atoms with van der Waals surface area (Å²) in [5.74, 6) is -2.43. The lowest BCUT2D eigenvalue weighted by Gasteiger charge is -2.19. The number of nitrogens with zero attached hydrogens (tertiary/aromatic N) is 2. The van der Waals surface area contributed by atoms with Crippen LogP contribution in [0.4, 0.5) is 4.79 Å². The van der Waals surface area contributed by atoms with Crippen molar-refractivity contribution in [3.8, 4) is 5.75 Å². The van der Waals surface area contributed by atoms with Crippen LogP contribution < -0.4 is 4.74 Å². The highest BCUT2D eigenvalue weighted by Gasteiger charge is 2.28. The van der Waals surface area contributed by atoms with Gasteiger partial charge in [-0.25, -0.2) is 14.4 Å². The molecular weight excluding hydrogens is 396 g/mol. The number of amides is 1. The largest absolute Gasteiger partial charge is 0.429 e. The average Bonchev–Trinajstić information content (AvgIpc) is 2.72. The molecule has 0 aliphatic carbocycles. The van der Waals surface area contributed by atoms with E-state index in [1.54, 1.807) is 18.2 Å². The lowest BCUT2D eigenvalue weighted by molar-refractivity contribution is -0.163. The number of carbonyl (C=O) groups excluding carboxylic acids is 4. The molecule has 0 aliphatic heterocycles. The molecule has 2 rings (SSSR count). The van der Waals surface area contributed by atoms with E-state index >= 15 is 0 Å². The van der Waals surface area contributed by atoms with E-state index in [1.807, 2.05) is 0 Å². The Hall–Kier alpha value is -3.95. The van der Waals surface area contributed by atoms with E-state index in [0.717, 1.165) is 4.90 Å². The molecule has 1 aromatic carbocycles. The summed E-state index contributed by atoms with van der Waals surface area (Å²) in [6, 6.07) is 9.03. The summed E-state index contributed by atoms with van der Waals surface area (Å²) < 4.78 is 19.9. The van der Waals surface area contributed by atoms with E-state index in [9.17, 15) is 19.2 Å². The minimum absolute atomic E-state index is 0.00877. The molecule has 10 heteroatoms. The number of benzene rings is 1. The third-order valence-electron chi connectivity index (χ3n) is 3.54. The fourth-order valence-corrected chi connectivity index (χ4v) is 2.16. The lowest BCUT2D eigenvalue weighted by atomic mass is 10.1. The van der Waals surface area contributed by atoms with Gasteiger partial charge in [0.1, 0.15) is 11.3 Å². The second-order valence-corrected chi connectivity index (χ2v) is 6.05. The van der Waals surface area contributed by atoms with Gasteiger partial charge in [-0.1, -0.05) is 18.2 Å². The van der Waals surface area contributed by atoms with Crippen LogP contribution in [0.2, 0.25) is 0 Å². The first-order valence-electron chi connectivity index (χ1n) is 8.68. The Bertz CT molecular complexity index is 914. The van der Waals surface area contributed by atoms with Crippen molar-refractivity contribution < 1.29 is 38.1 Å². The molecule has 0 aliphatic rings. The fraction of sp³-hybridized carbons (Fsp3) is 0.250. The minimum Gasteiger partial charge on any atom is -0.429 e. The molecule has 0 saturated carbocycles. The number of aromatic nitrogens is 1. The standard InChI is InChI=1S/C20H20N2O8/c1-13(23)29-16-9-5-4-8-15(16)18(24)27-12-28-19(25)17(30-20(26)22(2)3)14-7-6-10-21-11-14/h4-11,17H,12H2,1-3H3. The molecule has 1 amide bonds. The van der Waals surface area contributed by atoms with Crippen molar-refractivity contribution in [2.75, 3.05) is 20.9 Å². The van der Waals surface area contributed by atoms with E-state index in [0.29, 0.717) is 0 Å². The van der Waals surface area contributed by atoms with Gasteiger partial charge in [-0.15, -0.1) is 0 Å². The molecule has 0 fully saturated rings. The molecule has 0 N–H and O–H groups in total. The average molecular weight is 416 g/mol. The Kier molecular flexibility index (Phi) is 7.86. The van der Waals surface area contributed by atoms with Gasteiger partial charge < -0.3 is 23.8 Å². The van der Waals surface area contributed by atoms with Crippen molar-refractivity contribution in [1.29, 1.82) is 0 Å². The first-order valence-corrected chi connectivity index (χ1v) is 8.68. The third kappa shape index (κ3) is 6.30. The Morgan fingerprint density at radius 3 is 2.40 bits per heavy atom. The van der Waals surface area contributed by atoms with Crippen LogP contribution in [0, 0.1) is 0 Å². The highest BCUT2D eigenvalue weighted by atomic mass is 16.7. The monoisotopic (exact) mass is 416 g/mol. The first-order chi connectivity index (χ1) is 14.3. The van der Waals surface area contributed by atoms with E-state index in [1.165, 1.54) is 51.6 Å². The van der Waals surface area contributed by atoms with Crippen molar-refractivity contribution in [1.82, 2.24) is 9.88 Å². The molecule has 0 saturated heterocycles. The van der Waals surface area contributed by atoms with Crippen LogP contribution in [0.5, 0.6) is 5.75 Å². The molecule has 0 bridgehead atoms. The van der Waals surface area contributed by atoms with Gasteiger partial charge in [-0.3, -0.25) is 9.78 Å².